The van der Waals surface area contributed by atoms with Crippen molar-refractivity contribution < 1.29 is 4.92 Å². The molecule has 0 amide bonds. The first-order valence-electron chi connectivity index (χ1n) is 6.39. The van der Waals surface area contributed by atoms with Crippen molar-refractivity contribution in [3.63, 3.8) is 0 Å². The van der Waals surface area contributed by atoms with Gasteiger partial charge in [0.05, 0.1) is 4.92 Å². The van der Waals surface area contributed by atoms with Gasteiger partial charge in [0.25, 0.3) is 5.69 Å². The zero-order valence-electron chi connectivity index (χ0n) is 11.2. The van der Waals surface area contributed by atoms with E-state index in [0.717, 1.165) is 11.3 Å². The van der Waals surface area contributed by atoms with Crippen LogP contribution in [0.15, 0.2) is 53.4 Å². The van der Waals surface area contributed by atoms with E-state index in [1.54, 1.807) is 17.8 Å². The minimum atomic E-state index is -0.355. The topological polar surface area (TPSA) is 55.2 Å². The molecule has 104 valence electrons. The van der Waals surface area contributed by atoms with Crippen molar-refractivity contribution in [2.24, 2.45) is 0 Å². The Morgan fingerprint density at radius 2 is 1.95 bits per heavy atom. The molecular formula is C15H16N2O2S. The number of anilines is 1. The molecular weight excluding hydrogens is 272 g/mol. The van der Waals surface area contributed by atoms with Crippen LogP contribution >= 0.6 is 11.8 Å². The standard InChI is InChI=1S/C15H16N2O2S/c1-2-16-14-10-12(8-9-15(14)17(18)19)11-20-13-6-4-3-5-7-13/h3-10,16H,2,11H2,1H3. The lowest BCUT2D eigenvalue weighted by molar-refractivity contribution is -0.384. The van der Waals surface area contributed by atoms with E-state index in [2.05, 4.69) is 17.4 Å². The second-order valence-corrected chi connectivity index (χ2v) is 5.29. The summed E-state index contributed by atoms with van der Waals surface area (Å²) in [6, 6.07) is 15.3. The summed E-state index contributed by atoms with van der Waals surface area (Å²) >= 11 is 1.72. The molecule has 0 radical (unpaired) electrons. The highest BCUT2D eigenvalue weighted by Crippen LogP contribution is 2.29. The molecule has 5 heteroatoms. The monoisotopic (exact) mass is 288 g/mol. The van der Waals surface area contributed by atoms with Crippen LogP contribution in [0.1, 0.15) is 12.5 Å². The lowest BCUT2D eigenvalue weighted by Crippen LogP contribution is -2.01. The molecule has 0 aliphatic rings. The highest BCUT2D eigenvalue weighted by molar-refractivity contribution is 7.98. The number of nitrogens with one attached hydrogen (secondary N) is 1. The highest BCUT2D eigenvalue weighted by Gasteiger charge is 2.13. The van der Waals surface area contributed by atoms with Gasteiger partial charge in [-0.2, -0.15) is 0 Å². The molecule has 2 aromatic rings. The Hall–Kier alpha value is -2.01. The predicted molar refractivity (Wildman–Crippen MR) is 83.3 cm³/mol. The highest BCUT2D eigenvalue weighted by atomic mass is 32.2. The Kier molecular flexibility index (Phi) is 5.01. The van der Waals surface area contributed by atoms with Crippen molar-refractivity contribution in [2.45, 2.75) is 17.6 Å². The molecule has 1 N–H and O–H groups in total. The van der Waals surface area contributed by atoms with E-state index in [1.165, 1.54) is 4.90 Å². The number of thioether (sulfide) groups is 1. The first kappa shape index (κ1) is 14.4. The van der Waals surface area contributed by atoms with E-state index in [9.17, 15) is 10.1 Å². The average molecular weight is 288 g/mol. The summed E-state index contributed by atoms with van der Waals surface area (Å²) in [5, 5.41) is 14.0. The van der Waals surface area contributed by atoms with Gasteiger partial charge in [-0.3, -0.25) is 10.1 Å². The lowest BCUT2D eigenvalue weighted by Gasteiger charge is -2.07. The zero-order valence-corrected chi connectivity index (χ0v) is 12.0. The second kappa shape index (κ2) is 6.96. The van der Waals surface area contributed by atoms with E-state index in [-0.39, 0.29) is 10.6 Å². The van der Waals surface area contributed by atoms with Crippen molar-refractivity contribution in [3.8, 4) is 0 Å². The number of nitro groups is 1. The largest absolute Gasteiger partial charge is 0.380 e. The lowest BCUT2D eigenvalue weighted by atomic mass is 10.2. The number of nitrogens with zero attached hydrogens (tertiary/aromatic N) is 1. The minimum Gasteiger partial charge on any atom is -0.380 e. The normalized spacial score (nSPS) is 10.2. The second-order valence-electron chi connectivity index (χ2n) is 4.24. The van der Waals surface area contributed by atoms with Crippen molar-refractivity contribution in [1.29, 1.82) is 0 Å². The van der Waals surface area contributed by atoms with Gasteiger partial charge in [0.1, 0.15) is 5.69 Å². The number of benzene rings is 2. The summed E-state index contributed by atoms with van der Waals surface area (Å²) in [4.78, 5) is 11.8. The number of hydrogen-bond donors (Lipinski definition) is 1. The van der Waals surface area contributed by atoms with Crippen molar-refractivity contribution in [3.05, 3.63) is 64.2 Å². The molecule has 20 heavy (non-hydrogen) atoms. The zero-order chi connectivity index (χ0) is 14.4. The van der Waals surface area contributed by atoms with E-state index < -0.39 is 0 Å². The molecule has 0 aromatic heterocycles. The Morgan fingerprint density at radius 3 is 2.60 bits per heavy atom. The van der Waals surface area contributed by atoms with Crippen LogP contribution in [-0.4, -0.2) is 11.5 Å². The minimum absolute atomic E-state index is 0.125. The maximum atomic E-state index is 10.9. The van der Waals surface area contributed by atoms with Crippen molar-refractivity contribution >= 4 is 23.1 Å². The summed E-state index contributed by atoms with van der Waals surface area (Å²) in [6.07, 6.45) is 0. The van der Waals surface area contributed by atoms with Gasteiger partial charge in [-0.15, -0.1) is 11.8 Å². The van der Waals surface area contributed by atoms with Crippen LogP contribution in [0.2, 0.25) is 0 Å². The Morgan fingerprint density at radius 1 is 1.20 bits per heavy atom. The quantitative estimate of drug-likeness (QED) is 0.488. The molecule has 2 rings (SSSR count). The fourth-order valence-electron chi connectivity index (χ4n) is 1.85. The average Bonchev–Trinajstić information content (AvgIpc) is 2.46. The SMILES string of the molecule is CCNc1cc(CSc2ccccc2)ccc1[N+](=O)[O-]. The molecule has 0 heterocycles. The third kappa shape index (κ3) is 3.74. The molecule has 4 nitrogen and oxygen atoms in total. The summed E-state index contributed by atoms with van der Waals surface area (Å²) in [6.45, 7) is 2.59. The maximum absolute atomic E-state index is 10.9. The van der Waals surface area contributed by atoms with Crippen LogP contribution in [0, 0.1) is 10.1 Å². The van der Waals surface area contributed by atoms with Gasteiger partial charge >= 0.3 is 0 Å². The van der Waals surface area contributed by atoms with E-state index >= 15 is 0 Å². The molecule has 0 saturated carbocycles. The molecule has 0 spiro atoms. The van der Waals surface area contributed by atoms with E-state index in [0.29, 0.717) is 12.2 Å². The van der Waals surface area contributed by atoms with Crippen LogP contribution in [-0.2, 0) is 5.75 Å². The molecule has 0 fully saturated rings. The molecule has 0 aliphatic heterocycles. The molecule has 2 aromatic carbocycles. The van der Waals surface area contributed by atoms with Crippen molar-refractivity contribution in [2.75, 3.05) is 11.9 Å². The number of hydrogen-bond acceptors (Lipinski definition) is 4. The van der Waals surface area contributed by atoms with Gasteiger partial charge in [0.2, 0.25) is 0 Å². The Bertz CT molecular complexity index is 588. The molecule has 0 unspecified atom stereocenters. The van der Waals surface area contributed by atoms with E-state index in [4.69, 9.17) is 0 Å². The van der Waals surface area contributed by atoms with Gasteiger partial charge in [-0.25, -0.2) is 0 Å². The first-order valence-corrected chi connectivity index (χ1v) is 7.38. The molecule has 0 bridgehead atoms. The third-order valence-corrected chi connectivity index (χ3v) is 3.86. The van der Waals surface area contributed by atoms with Gasteiger partial charge in [-0.1, -0.05) is 24.3 Å². The fourth-order valence-corrected chi connectivity index (χ4v) is 2.71. The predicted octanol–water partition coefficient (Wildman–Crippen LogP) is 4.32. The van der Waals surface area contributed by atoms with Crippen LogP contribution in [0.5, 0.6) is 0 Å². The van der Waals surface area contributed by atoms with Crippen LogP contribution in [0.3, 0.4) is 0 Å². The smallest absolute Gasteiger partial charge is 0.292 e. The number of nitro benzene ring substituents is 1. The summed E-state index contributed by atoms with van der Waals surface area (Å²) in [7, 11) is 0. The maximum Gasteiger partial charge on any atom is 0.292 e. The van der Waals surface area contributed by atoms with Crippen molar-refractivity contribution in [1.82, 2.24) is 0 Å². The molecule has 0 atom stereocenters. The van der Waals surface area contributed by atoms with Crippen LogP contribution in [0.4, 0.5) is 11.4 Å². The van der Waals surface area contributed by atoms with Crippen LogP contribution < -0.4 is 5.32 Å². The molecule has 0 saturated heterocycles. The van der Waals surface area contributed by atoms with Gasteiger partial charge < -0.3 is 5.32 Å². The fraction of sp³-hybridized carbons (Fsp3) is 0.200. The molecule has 0 aliphatic carbocycles. The summed E-state index contributed by atoms with van der Waals surface area (Å²) < 4.78 is 0. The van der Waals surface area contributed by atoms with Gasteiger partial charge in [0, 0.05) is 23.3 Å². The third-order valence-electron chi connectivity index (χ3n) is 2.77. The van der Waals surface area contributed by atoms with E-state index in [1.807, 2.05) is 37.3 Å². The Balaban J connectivity index is 2.12. The summed E-state index contributed by atoms with van der Waals surface area (Å²) in [5.41, 5.74) is 1.78. The first-order chi connectivity index (χ1) is 9.70. The van der Waals surface area contributed by atoms with Gasteiger partial charge in [0.15, 0.2) is 0 Å². The van der Waals surface area contributed by atoms with Gasteiger partial charge in [-0.05, 0) is 30.7 Å². The summed E-state index contributed by atoms with van der Waals surface area (Å²) in [5.74, 6) is 0.792. The Labute approximate surface area is 122 Å². The number of rotatable bonds is 6. The van der Waals surface area contributed by atoms with Crippen LogP contribution in [0.25, 0.3) is 0 Å².